The molecule has 3 aliphatic rings. The molecule has 4 nitrogen and oxygen atoms in total. The normalized spacial score (nSPS) is 34.5. The van der Waals surface area contributed by atoms with E-state index in [4.69, 9.17) is 0 Å². The molecule has 1 aromatic carbocycles. The molecule has 0 radical (unpaired) electrons. The predicted molar refractivity (Wildman–Crippen MR) is 87.1 cm³/mol. The molecule has 2 saturated carbocycles. The third-order valence-corrected chi connectivity index (χ3v) is 5.81. The fraction of sp³-hybridized carbons (Fsp3) is 0.611. The number of rotatable bonds is 3. The molecule has 3 atom stereocenters. The number of oxime groups is 1. The van der Waals surface area contributed by atoms with Gasteiger partial charge >= 0.3 is 0 Å². The molecular weight excluding hydrogens is 274 g/mol. The SMILES string of the molecule is O/N=C1/C2CCC(C2)C1N1CCN(Cc2ccccc2)CC1. The molecule has 0 amide bonds. The van der Waals surface area contributed by atoms with Crippen LogP contribution in [0.5, 0.6) is 0 Å². The molecule has 2 bridgehead atoms. The van der Waals surface area contributed by atoms with Gasteiger partial charge in [-0.1, -0.05) is 35.5 Å². The van der Waals surface area contributed by atoms with E-state index in [0.717, 1.165) is 44.4 Å². The first-order valence-electron chi connectivity index (χ1n) is 8.57. The van der Waals surface area contributed by atoms with Crippen LogP contribution in [0.2, 0.25) is 0 Å². The molecule has 0 aromatic heterocycles. The molecule has 1 aromatic rings. The third kappa shape index (κ3) is 2.55. The highest BCUT2D eigenvalue weighted by Crippen LogP contribution is 2.45. The van der Waals surface area contributed by atoms with Gasteiger partial charge in [-0.3, -0.25) is 9.80 Å². The van der Waals surface area contributed by atoms with Crippen LogP contribution < -0.4 is 0 Å². The Hall–Kier alpha value is -1.39. The zero-order valence-corrected chi connectivity index (χ0v) is 13.1. The van der Waals surface area contributed by atoms with Gasteiger partial charge in [0.25, 0.3) is 0 Å². The van der Waals surface area contributed by atoms with Crippen LogP contribution in [0.1, 0.15) is 24.8 Å². The van der Waals surface area contributed by atoms with Crippen molar-refractivity contribution in [3.8, 4) is 0 Å². The maximum absolute atomic E-state index is 9.39. The zero-order chi connectivity index (χ0) is 14.9. The number of hydrogen-bond acceptors (Lipinski definition) is 4. The van der Waals surface area contributed by atoms with E-state index in [-0.39, 0.29) is 0 Å². The van der Waals surface area contributed by atoms with Crippen molar-refractivity contribution in [3.63, 3.8) is 0 Å². The van der Waals surface area contributed by atoms with E-state index < -0.39 is 0 Å². The minimum absolute atomic E-state index is 0.419. The number of fused-ring (bicyclic) bond motifs is 2. The van der Waals surface area contributed by atoms with Crippen LogP contribution >= 0.6 is 0 Å². The van der Waals surface area contributed by atoms with Crippen molar-refractivity contribution in [2.75, 3.05) is 26.2 Å². The first kappa shape index (κ1) is 14.2. The van der Waals surface area contributed by atoms with Crippen LogP contribution in [-0.2, 0) is 6.54 Å². The molecule has 1 heterocycles. The summed E-state index contributed by atoms with van der Waals surface area (Å²) in [7, 11) is 0. The van der Waals surface area contributed by atoms with Crippen molar-refractivity contribution in [2.45, 2.75) is 31.8 Å². The predicted octanol–water partition coefficient (Wildman–Crippen LogP) is 2.43. The summed E-state index contributed by atoms with van der Waals surface area (Å²) in [6.45, 7) is 5.47. The minimum Gasteiger partial charge on any atom is -0.411 e. The van der Waals surface area contributed by atoms with Crippen molar-refractivity contribution in [3.05, 3.63) is 35.9 Å². The number of benzene rings is 1. The Morgan fingerprint density at radius 1 is 1.05 bits per heavy atom. The highest BCUT2D eigenvalue weighted by Gasteiger charge is 2.48. The van der Waals surface area contributed by atoms with E-state index in [0.29, 0.717) is 12.0 Å². The van der Waals surface area contributed by atoms with Crippen LogP contribution in [0.25, 0.3) is 0 Å². The molecule has 1 N–H and O–H groups in total. The average Bonchev–Trinajstić information content (AvgIpc) is 3.17. The lowest BCUT2D eigenvalue weighted by Gasteiger charge is -2.41. The van der Waals surface area contributed by atoms with Gasteiger partial charge in [0.2, 0.25) is 0 Å². The molecular formula is C18H25N3O. The molecule has 3 unspecified atom stereocenters. The number of hydrogen-bond donors (Lipinski definition) is 1. The Balaban J connectivity index is 1.36. The summed E-state index contributed by atoms with van der Waals surface area (Å²) in [6.07, 6.45) is 3.79. The molecule has 1 aliphatic heterocycles. The van der Waals surface area contributed by atoms with Gasteiger partial charge in [-0.25, -0.2) is 0 Å². The molecule has 2 aliphatic carbocycles. The Bertz CT molecular complexity index is 537. The zero-order valence-electron chi connectivity index (χ0n) is 13.1. The summed E-state index contributed by atoms with van der Waals surface area (Å²) in [5.41, 5.74) is 2.47. The molecule has 3 fully saturated rings. The lowest BCUT2D eigenvalue weighted by Crippen LogP contribution is -2.54. The first-order chi connectivity index (χ1) is 10.8. The van der Waals surface area contributed by atoms with Gasteiger partial charge < -0.3 is 5.21 Å². The van der Waals surface area contributed by atoms with Crippen molar-refractivity contribution in [1.29, 1.82) is 0 Å². The Morgan fingerprint density at radius 3 is 2.55 bits per heavy atom. The van der Waals surface area contributed by atoms with Crippen LogP contribution in [0.15, 0.2) is 35.5 Å². The van der Waals surface area contributed by atoms with Crippen molar-refractivity contribution >= 4 is 5.71 Å². The summed E-state index contributed by atoms with van der Waals surface area (Å²) in [5, 5.41) is 13.1. The van der Waals surface area contributed by atoms with Gasteiger partial charge in [-0.05, 0) is 30.7 Å². The smallest absolute Gasteiger partial charge is 0.0775 e. The number of piperazine rings is 1. The van der Waals surface area contributed by atoms with E-state index in [9.17, 15) is 5.21 Å². The maximum atomic E-state index is 9.39. The summed E-state index contributed by atoms with van der Waals surface area (Å²) >= 11 is 0. The molecule has 4 heteroatoms. The summed E-state index contributed by atoms with van der Waals surface area (Å²) in [4.78, 5) is 5.11. The van der Waals surface area contributed by atoms with Crippen LogP contribution in [0, 0.1) is 11.8 Å². The molecule has 4 rings (SSSR count). The molecule has 0 spiro atoms. The second kappa shape index (κ2) is 6.01. The van der Waals surface area contributed by atoms with E-state index in [1.807, 2.05) is 0 Å². The van der Waals surface area contributed by atoms with E-state index >= 15 is 0 Å². The van der Waals surface area contributed by atoms with Gasteiger partial charge in [-0.15, -0.1) is 0 Å². The highest BCUT2D eigenvalue weighted by atomic mass is 16.4. The molecule has 118 valence electrons. The van der Waals surface area contributed by atoms with Gasteiger partial charge in [0.15, 0.2) is 0 Å². The monoisotopic (exact) mass is 299 g/mol. The lowest BCUT2D eigenvalue weighted by molar-refractivity contribution is 0.0946. The second-order valence-corrected chi connectivity index (χ2v) is 7.04. The van der Waals surface area contributed by atoms with Crippen LogP contribution in [0.3, 0.4) is 0 Å². The molecule has 1 saturated heterocycles. The van der Waals surface area contributed by atoms with E-state index in [1.165, 1.54) is 24.8 Å². The topological polar surface area (TPSA) is 39.1 Å². The summed E-state index contributed by atoms with van der Waals surface area (Å²) in [5.74, 6) is 1.29. The average molecular weight is 299 g/mol. The highest BCUT2D eigenvalue weighted by molar-refractivity contribution is 5.94. The van der Waals surface area contributed by atoms with E-state index in [1.54, 1.807) is 0 Å². The van der Waals surface area contributed by atoms with Gasteiger partial charge in [-0.2, -0.15) is 0 Å². The van der Waals surface area contributed by atoms with E-state index in [2.05, 4.69) is 45.3 Å². The lowest BCUT2D eigenvalue weighted by atomic mass is 9.91. The van der Waals surface area contributed by atoms with Gasteiger partial charge in [0.1, 0.15) is 0 Å². The van der Waals surface area contributed by atoms with Crippen LogP contribution in [-0.4, -0.2) is 52.9 Å². The fourth-order valence-corrected chi connectivity index (χ4v) is 4.72. The first-order valence-corrected chi connectivity index (χ1v) is 8.57. The van der Waals surface area contributed by atoms with Crippen molar-refractivity contribution < 1.29 is 5.21 Å². The second-order valence-electron chi connectivity index (χ2n) is 7.04. The Labute approximate surface area is 132 Å². The summed E-state index contributed by atoms with van der Waals surface area (Å²) < 4.78 is 0. The Kier molecular flexibility index (Phi) is 3.89. The number of nitrogens with zero attached hydrogens (tertiary/aromatic N) is 3. The fourth-order valence-electron chi connectivity index (χ4n) is 4.72. The van der Waals surface area contributed by atoms with Gasteiger partial charge in [0, 0.05) is 38.6 Å². The largest absolute Gasteiger partial charge is 0.411 e. The maximum Gasteiger partial charge on any atom is 0.0775 e. The van der Waals surface area contributed by atoms with Crippen molar-refractivity contribution in [1.82, 2.24) is 9.80 Å². The van der Waals surface area contributed by atoms with Gasteiger partial charge in [0.05, 0.1) is 11.8 Å². The summed E-state index contributed by atoms with van der Waals surface area (Å²) in [6, 6.07) is 11.1. The quantitative estimate of drug-likeness (QED) is 0.688. The third-order valence-electron chi connectivity index (χ3n) is 5.81. The minimum atomic E-state index is 0.419. The van der Waals surface area contributed by atoms with Crippen LogP contribution in [0.4, 0.5) is 0 Å². The standard InChI is InChI=1S/C18H25N3O/c22-19-17-15-6-7-16(12-15)18(17)21-10-8-20(9-11-21)13-14-4-2-1-3-5-14/h1-5,15-16,18,22H,6-13H2/b19-17-. The molecule has 22 heavy (non-hydrogen) atoms. The van der Waals surface area contributed by atoms with Crippen molar-refractivity contribution in [2.24, 2.45) is 17.0 Å². The Morgan fingerprint density at radius 2 is 1.82 bits per heavy atom.